The molecule has 0 radical (unpaired) electrons. The van der Waals surface area contributed by atoms with Crippen molar-refractivity contribution in [2.75, 3.05) is 13.2 Å². The number of nitrogens with one attached hydrogen (secondary N) is 1. The molecule has 2 rings (SSSR count). The Kier molecular flexibility index (Phi) is 3.81. The first kappa shape index (κ1) is 13.3. The van der Waals surface area contributed by atoms with E-state index >= 15 is 0 Å². The predicted molar refractivity (Wildman–Crippen MR) is 69.0 cm³/mol. The molecule has 2 fully saturated rings. The highest BCUT2D eigenvalue weighted by Crippen LogP contribution is 2.57. The van der Waals surface area contributed by atoms with Crippen LogP contribution in [0.15, 0.2) is 0 Å². The largest absolute Gasteiger partial charge is 0.389 e. The summed E-state index contributed by atoms with van der Waals surface area (Å²) in [4.78, 5) is 0. The lowest BCUT2D eigenvalue weighted by Crippen LogP contribution is -2.67. The van der Waals surface area contributed by atoms with Crippen LogP contribution in [-0.4, -0.2) is 36.0 Å². The molecule has 0 heterocycles. The van der Waals surface area contributed by atoms with E-state index in [0.29, 0.717) is 24.1 Å². The third-order valence-corrected chi connectivity index (χ3v) is 4.93. The Bertz CT molecular complexity index is 261. The minimum Gasteiger partial charge on any atom is -0.389 e. The third kappa shape index (κ3) is 2.38. The van der Waals surface area contributed by atoms with Gasteiger partial charge in [0.25, 0.3) is 0 Å². The molecule has 1 spiro atoms. The highest BCUT2D eigenvalue weighted by Gasteiger charge is 2.58. The van der Waals surface area contributed by atoms with Gasteiger partial charge in [0.15, 0.2) is 0 Å². The van der Waals surface area contributed by atoms with Gasteiger partial charge in [-0.05, 0) is 39.5 Å². The average molecular weight is 241 g/mol. The van der Waals surface area contributed by atoms with E-state index < -0.39 is 5.60 Å². The van der Waals surface area contributed by atoms with Crippen molar-refractivity contribution in [1.29, 1.82) is 0 Å². The molecule has 3 unspecified atom stereocenters. The van der Waals surface area contributed by atoms with Crippen molar-refractivity contribution >= 4 is 0 Å². The zero-order valence-electron chi connectivity index (χ0n) is 11.5. The van der Waals surface area contributed by atoms with Crippen LogP contribution in [0.3, 0.4) is 0 Å². The summed E-state index contributed by atoms with van der Waals surface area (Å²) in [6, 6.07) is 0.561. The molecule has 0 aliphatic heterocycles. The van der Waals surface area contributed by atoms with Crippen LogP contribution in [0, 0.1) is 5.41 Å². The molecule has 0 bridgehead atoms. The molecule has 3 heteroatoms. The van der Waals surface area contributed by atoms with Gasteiger partial charge in [0.1, 0.15) is 0 Å². The lowest BCUT2D eigenvalue weighted by atomic mass is 9.51. The van der Waals surface area contributed by atoms with Crippen molar-refractivity contribution < 1.29 is 9.84 Å². The van der Waals surface area contributed by atoms with Crippen LogP contribution in [0.4, 0.5) is 0 Å². The molecule has 3 atom stereocenters. The maximum absolute atomic E-state index is 10.0. The second-order valence-electron chi connectivity index (χ2n) is 6.05. The maximum Gasteiger partial charge on any atom is 0.0741 e. The fourth-order valence-corrected chi connectivity index (χ4v) is 3.19. The molecule has 2 aliphatic rings. The van der Waals surface area contributed by atoms with E-state index in [2.05, 4.69) is 12.2 Å². The summed E-state index contributed by atoms with van der Waals surface area (Å²) in [5.74, 6) is 0. The fourth-order valence-electron chi connectivity index (χ4n) is 3.19. The van der Waals surface area contributed by atoms with Crippen LogP contribution in [0.25, 0.3) is 0 Å². The minimum absolute atomic E-state index is 0.403. The molecule has 100 valence electrons. The van der Waals surface area contributed by atoms with E-state index in [0.717, 1.165) is 19.4 Å². The Labute approximate surface area is 105 Å². The molecular weight excluding hydrogens is 214 g/mol. The van der Waals surface area contributed by atoms with E-state index in [-0.39, 0.29) is 0 Å². The zero-order valence-corrected chi connectivity index (χ0v) is 11.5. The summed E-state index contributed by atoms with van der Waals surface area (Å²) < 4.78 is 5.82. The average Bonchev–Trinajstić information content (AvgIpc) is 2.20. The van der Waals surface area contributed by atoms with Gasteiger partial charge in [0.05, 0.1) is 11.7 Å². The molecule has 2 saturated carbocycles. The van der Waals surface area contributed by atoms with E-state index in [1.807, 2.05) is 13.8 Å². The Morgan fingerprint density at radius 3 is 2.59 bits per heavy atom. The van der Waals surface area contributed by atoms with Gasteiger partial charge in [0, 0.05) is 24.6 Å². The molecule has 0 saturated heterocycles. The summed E-state index contributed by atoms with van der Waals surface area (Å²) in [6.07, 6.45) is 6.31. The molecule has 2 aliphatic carbocycles. The van der Waals surface area contributed by atoms with Gasteiger partial charge < -0.3 is 15.2 Å². The standard InChI is InChI=1S/C14H27NO2/c1-4-13(3,16)10-15-11-9-12(17-5-2)14(11)7-6-8-14/h11-12,15-16H,4-10H2,1-3H3. The molecule has 0 amide bonds. The first-order chi connectivity index (χ1) is 8.04. The second kappa shape index (κ2) is 4.87. The normalized spacial score (nSPS) is 33.9. The minimum atomic E-state index is -0.568. The van der Waals surface area contributed by atoms with Crippen LogP contribution in [0.2, 0.25) is 0 Å². The van der Waals surface area contributed by atoms with Gasteiger partial charge in [0.2, 0.25) is 0 Å². The van der Waals surface area contributed by atoms with Gasteiger partial charge in [-0.25, -0.2) is 0 Å². The number of rotatable bonds is 6. The Hall–Kier alpha value is -0.120. The first-order valence-electron chi connectivity index (χ1n) is 7.11. The van der Waals surface area contributed by atoms with Crippen LogP contribution in [0.5, 0.6) is 0 Å². The summed E-state index contributed by atoms with van der Waals surface area (Å²) in [6.45, 7) is 7.55. The highest BCUT2D eigenvalue weighted by molar-refractivity contribution is 5.12. The van der Waals surface area contributed by atoms with E-state index in [1.54, 1.807) is 0 Å². The first-order valence-corrected chi connectivity index (χ1v) is 7.11. The molecule has 17 heavy (non-hydrogen) atoms. The summed E-state index contributed by atoms with van der Waals surface area (Å²) >= 11 is 0. The van der Waals surface area contributed by atoms with Gasteiger partial charge >= 0.3 is 0 Å². The Morgan fingerprint density at radius 1 is 1.41 bits per heavy atom. The number of ether oxygens (including phenoxy) is 1. The van der Waals surface area contributed by atoms with Gasteiger partial charge in [-0.15, -0.1) is 0 Å². The highest BCUT2D eigenvalue weighted by atomic mass is 16.5. The van der Waals surface area contributed by atoms with E-state index in [9.17, 15) is 5.11 Å². The summed E-state index contributed by atoms with van der Waals surface area (Å²) in [7, 11) is 0. The number of hydrogen-bond donors (Lipinski definition) is 2. The van der Waals surface area contributed by atoms with Gasteiger partial charge in [-0.1, -0.05) is 13.3 Å². The van der Waals surface area contributed by atoms with Crippen molar-refractivity contribution in [3.05, 3.63) is 0 Å². The zero-order chi connectivity index (χ0) is 12.5. The predicted octanol–water partition coefficient (Wildman–Crippen LogP) is 2.08. The van der Waals surface area contributed by atoms with Crippen molar-refractivity contribution in [3.63, 3.8) is 0 Å². The Morgan fingerprint density at radius 2 is 2.12 bits per heavy atom. The molecule has 3 nitrogen and oxygen atoms in total. The topological polar surface area (TPSA) is 41.5 Å². The van der Waals surface area contributed by atoms with Crippen LogP contribution in [-0.2, 0) is 4.74 Å². The van der Waals surface area contributed by atoms with Crippen molar-refractivity contribution in [2.24, 2.45) is 5.41 Å². The number of hydrogen-bond acceptors (Lipinski definition) is 3. The van der Waals surface area contributed by atoms with Crippen molar-refractivity contribution in [2.45, 2.75) is 70.6 Å². The lowest BCUT2D eigenvalue weighted by molar-refractivity contribution is -0.175. The monoisotopic (exact) mass is 241 g/mol. The SMILES string of the molecule is CCOC1CC(NCC(C)(O)CC)C12CCC2. The summed E-state index contributed by atoms with van der Waals surface area (Å²) in [5.41, 5.74) is -0.165. The van der Waals surface area contributed by atoms with E-state index in [1.165, 1.54) is 19.3 Å². The quantitative estimate of drug-likeness (QED) is 0.748. The van der Waals surface area contributed by atoms with Crippen LogP contribution < -0.4 is 5.32 Å². The number of aliphatic hydroxyl groups is 1. The smallest absolute Gasteiger partial charge is 0.0741 e. The lowest BCUT2D eigenvalue weighted by Gasteiger charge is -2.61. The van der Waals surface area contributed by atoms with Gasteiger partial charge in [-0.3, -0.25) is 0 Å². The van der Waals surface area contributed by atoms with Crippen molar-refractivity contribution in [1.82, 2.24) is 5.32 Å². The summed E-state index contributed by atoms with van der Waals surface area (Å²) in [5, 5.41) is 13.6. The van der Waals surface area contributed by atoms with E-state index in [4.69, 9.17) is 4.74 Å². The molecule has 0 aromatic carbocycles. The van der Waals surface area contributed by atoms with Crippen LogP contribution >= 0.6 is 0 Å². The second-order valence-corrected chi connectivity index (χ2v) is 6.05. The van der Waals surface area contributed by atoms with Gasteiger partial charge in [-0.2, -0.15) is 0 Å². The van der Waals surface area contributed by atoms with Crippen LogP contribution in [0.1, 0.15) is 52.9 Å². The Balaban J connectivity index is 1.83. The van der Waals surface area contributed by atoms with Crippen molar-refractivity contribution in [3.8, 4) is 0 Å². The molecule has 2 N–H and O–H groups in total. The molecular formula is C14H27NO2. The maximum atomic E-state index is 10.0. The fraction of sp³-hybridized carbons (Fsp3) is 1.00. The molecule has 0 aromatic rings. The third-order valence-electron chi connectivity index (χ3n) is 4.93. The molecule has 0 aromatic heterocycles.